The van der Waals surface area contributed by atoms with Crippen molar-refractivity contribution in [3.05, 3.63) is 89.6 Å². The summed E-state index contributed by atoms with van der Waals surface area (Å²) in [5, 5.41) is 3.60. The molecule has 0 radical (unpaired) electrons. The van der Waals surface area contributed by atoms with Crippen molar-refractivity contribution in [2.45, 2.75) is 25.9 Å². The average molecular weight is 588 g/mol. The van der Waals surface area contributed by atoms with Gasteiger partial charge in [0, 0.05) is 61.2 Å². The molecule has 0 aliphatic carbocycles. The van der Waals surface area contributed by atoms with E-state index in [2.05, 4.69) is 15.3 Å². The molecule has 2 unspecified atom stereocenters. The number of nitrogens with one attached hydrogen (secondary N) is 2. The predicted molar refractivity (Wildman–Crippen MR) is 158 cm³/mol. The SMILES string of the molecule is COCC1CC(C(=O)N(C)Cc2cc3cnccc3[nH]2)N(C(=O)CNC(=O)c2cccc(Oc3ccc(C)cc3F)c2)C1. The number of likely N-dealkylation sites (N-methyl/N-ethyl adjacent to an activating group) is 1. The Kier molecular flexibility index (Phi) is 9.01. The van der Waals surface area contributed by atoms with Gasteiger partial charge < -0.3 is 29.6 Å². The number of carbonyl (C=O) groups excluding carboxylic acids is 3. The van der Waals surface area contributed by atoms with Crippen molar-refractivity contribution >= 4 is 28.6 Å². The molecule has 4 aromatic rings. The van der Waals surface area contributed by atoms with Crippen LogP contribution in [0.3, 0.4) is 0 Å². The summed E-state index contributed by atoms with van der Waals surface area (Å²) in [4.78, 5) is 50.4. The number of nitrogens with zero attached hydrogens (tertiary/aromatic N) is 3. The molecule has 2 atom stereocenters. The second kappa shape index (κ2) is 13.0. The summed E-state index contributed by atoms with van der Waals surface area (Å²) < 4.78 is 25.2. The molecule has 1 saturated heterocycles. The summed E-state index contributed by atoms with van der Waals surface area (Å²) in [5.41, 5.74) is 2.79. The van der Waals surface area contributed by atoms with E-state index in [1.54, 1.807) is 62.6 Å². The molecule has 2 aromatic carbocycles. The molecule has 11 heteroatoms. The largest absolute Gasteiger partial charge is 0.454 e. The Morgan fingerprint density at radius 2 is 2.00 bits per heavy atom. The molecule has 0 spiro atoms. The third-order valence-electron chi connectivity index (χ3n) is 7.47. The minimum absolute atomic E-state index is 0.0119. The lowest BCUT2D eigenvalue weighted by Gasteiger charge is -2.28. The molecule has 10 nitrogen and oxygen atoms in total. The fraction of sp³-hybridized carbons (Fsp3) is 0.312. The van der Waals surface area contributed by atoms with Crippen LogP contribution in [0.1, 0.15) is 28.0 Å². The number of pyridine rings is 1. The standard InChI is InChI=1S/C32H34FN5O5/c1-20-7-8-29(26(33)11-20)43-25-6-4-5-22(14-25)31(40)35-16-30(39)38-17-21(19-42-3)12-28(38)32(41)37(2)18-24-13-23-15-34-10-9-27(23)36-24/h4-11,13-15,21,28,36H,12,16-19H2,1-3H3,(H,35,40). The van der Waals surface area contributed by atoms with Crippen LogP contribution in [-0.2, 0) is 20.9 Å². The van der Waals surface area contributed by atoms with E-state index < -0.39 is 17.8 Å². The number of likely N-dealkylation sites (tertiary alicyclic amines) is 1. The maximum Gasteiger partial charge on any atom is 0.251 e. The number of hydrogen-bond donors (Lipinski definition) is 2. The molecule has 2 aromatic heterocycles. The molecule has 3 amide bonds. The number of H-pyrrole nitrogens is 1. The lowest BCUT2D eigenvalue weighted by atomic mass is 10.1. The number of hydrogen-bond acceptors (Lipinski definition) is 6. The molecule has 1 aliphatic heterocycles. The zero-order chi connectivity index (χ0) is 30.5. The van der Waals surface area contributed by atoms with E-state index in [0.29, 0.717) is 26.1 Å². The Morgan fingerprint density at radius 1 is 1.16 bits per heavy atom. The van der Waals surface area contributed by atoms with Crippen molar-refractivity contribution in [3.63, 3.8) is 0 Å². The van der Waals surface area contributed by atoms with Gasteiger partial charge in [0.2, 0.25) is 11.8 Å². The topological polar surface area (TPSA) is 117 Å². The fourth-order valence-corrected chi connectivity index (χ4v) is 5.37. The lowest BCUT2D eigenvalue weighted by molar-refractivity contribution is -0.142. The van der Waals surface area contributed by atoms with Gasteiger partial charge >= 0.3 is 0 Å². The summed E-state index contributed by atoms with van der Waals surface area (Å²) >= 11 is 0. The molecule has 2 N–H and O–H groups in total. The van der Waals surface area contributed by atoms with E-state index in [-0.39, 0.29) is 41.3 Å². The molecule has 0 saturated carbocycles. The van der Waals surface area contributed by atoms with Crippen LogP contribution in [0, 0.1) is 18.7 Å². The van der Waals surface area contributed by atoms with Crippen molar-refractivity contribution in [1.29, 1.82) is 0 Å². The number of rotatable bonds is 10. The van der Waals surface area contributed by atoms with Crippen LogP contribution >= 0.6 is 0 Å². The maximum absolute atomic E-state index is 14.2. The highest BCUT2D eigenvalue weighted by Crippen LogP contribution is 2.27. The molecule has 0 bridgehead atoms. The number of halogens is 1. The van der Waals surface area contributed by atoms with E-state index in [1.165, 1.54) is 23.1 Å². The molecule has 43 heavy (non-hydrogen) atoms. The summed E-state index contributed by atoms with van der Waals surface area (Å²) in [6.07, 6.45) is 3.92. The molecule has 224 valence electrons. The highest BCUT2D eigenvalue weighted by Gasteiger charge is 2.40. The normalized spacial score (nSPS) is 16.3. The summed E-state index contributed by atoms with van der Waals surface area (Å²) in [6, 6.07) is 14.0. The molecular weight excluding hydrogens is 553 g/mol. The number of benzene rings is 2. The van der Waals surface area contributed by atoms with Crippen LogP contribution in [0.25, 0.3) is 10.9 Å². The first-order valence-corrected chi connectivity index (χ1v) is 14.0. The molecule has 1 fully saturated rings. The van der Waals surface area contributed by atoms with Gasteiger partial charge in [-0.3, -0.25) is 19.4 Å². The van der Waals surface area contributed by atoms with Crippen LogP contribution in [0.4, 0.5) is 4.39 Å². The number of aromatic amines is 1. The minimum Gasteiger partial charge on any atom is -0.454 e. The maximum atomic E-state index is 14.2. The van der Waals surface area contributed by atoms with Crippen LogP contribution in [0.5, 0.6) is 11.5 Å². The van der Waals surface area contributed by atoms with Gasteiger partial charge in [-0.25, -0.2) is 4.39 Å². The Bertz CT molecular complexity index is 1610. The molecule has 5 rings (SSSR count). The van der Waals surface area contributed by atoms with Gasteiger partial charge in [-0.15, -0.1) is 0 Å². The first-order valence-electron chi connectivity index (χ1n) is 14.0. The van der Waals surface area contributed by atoms with Gasteiger partial charge in [-0.1, -0.05) is 12.1 Å². The van der Waals surface area contributed by atoms with Crippen LogP contribution < -0.4 is 10.1 Å². The summed E-state index contributed by atoms with van der Waals surface area (Å²) in [5.74, 6) is -1.26. The number of amides is 3. The molecule has 1 aliphatic rings. The zero-order valence-corrected chi connectivity index (χ0v) is 24.3. The van der Waals surface area contributed by atoms with Crippen LogP contribution in [0.15, 0.2) is 67.0 Å². The van der Waals surface area contributed by atoms with Gasteiger partial charge in [0.05, 0.1) is 19.7 Å². The quantitative estimate of drug-likeness (QED) is 0.289. The van der Waals surface area contributed by atoms with Gasteiger partial charge in [-0.2, -0.15) is 0 Å². The number of methoxy groups -OCH3 is 1. The van der Waals surface area contributed by atoms with Crippen molar-refractivity contribution in [2.75, 3.05) is 33.9 Å². The number of ether oxygens (including phenoxy) is 2. The molecular formula is C32H34FN5O5. The lowest BCUT2D eigenvalue weighted by Crippen LogP contribution is -2.49. The van der Waals surface area contributed by atoms with Gasteiger partial charge in [-0.05, 0) is 61.4 Å². The molecule has 3 heterocycles. The third-order valence-corrected chi connectivity index (χ3v) is 7.47. The second-order valence-electron chi connectivity index (χ2n) is 10.8. The van der Waals surface area contributed by atoms with Gasteiger partial charge in [0.15, 0.2) is 11.6 Å². The Labute approximate surface area is 248 Å². The second-order valence-corrected chi connectivity index (χ2v) is 10.8. The number of carbonyl (C=O) groups is 3. The first kappa shape index (κ1) is 29.7. The number of fused-ring (bicyclic) bond motifs is 1. The zero-order valence-electron chi connectivity index (χ0n) is 24.3. The highest BCUT2D eigenvalue weighted by atomic mass is 19.1. The minimum atomic E-state index is -0.679. The van der Waals surface area contributed by atoms with E-state index >= 15 is 0 Å². The van der Waals surface area contributed by atoms with Crippen molar-refractivity contribution in [2.24, 2.45) is 5.92 Å². The average Bonchev–Trinajstić information content (AvgIpc) is 3.61. The van der Waals surface area contributed by atoms with Gasteiger partial charge in [0.1, 0.15) is 11.8 Å². The Morgan fingerprint density at radius 3 is 2.77 bits per heavy atom. The van der Waals surface area contributed by atoms with E-state index in [0.717, 1.165) is 22.2 Å². The van der Waals surface area contributed by atoms with E-state index in [1.807, 2.05) is 12.1 Å². The summed E-state index contributed by atoms with van der Waals surface area (Å²) in [6.45, 7) is 2.57. The van der Waals surface area contributed by atoms with Crippen molar-refractivity contribution in [1.82, 2.24) is 25.1 Å². The third kappa shape index (κ3) is 7.00. The Hall–Kier alpha value is -4.77. The van der Waals surface area contributed by atoms with Crippen LogP contribution in [-0.4, -0.2) is 77.4 Å². The predicted octanol–water partition coefficient (Wildman–Crippen LogP) is 4.05. The van der Waals surface area contributed by atoms with E-state index in [4.69, 9.17) is 9.47 Å². The van der Waals surface area contributed by atoms with E-state index in [9.17, 15) is 18.8 Å². The first-order chi connectivity index (χ1) is 20.7. The van der Waals surface area contributed by atoms with Gasteiger partial charge in [0.25, 0.3) is 5.91 Å². The Balaban J connectivity index is 1.22. The van der Waals surface area contributed by atoms with Crippen LogP contribution in [0.2, 0.25) is 0 Å². The number of aryl methyl sites for hydroxylation is 1. The summed E-state index contributed by atoms with van der Waals surface area (Å²) in [7, 11) is 3.29. The van der Waals surface area contributed by atoms with Crippen molar-refractivity contribution < 1.29 is 28.2 Å². The monoisotopic (exact) mass is 587 g/mol. The number of aromatic nitrogens is 2. The van der Waals surface area contributed by atoms with Crippen molar-refractivity contribution in [3.8, 4) is 11.5 Å². The fourth-order valence-electron chi connectivity index (χ4n) is 5.37. The smallest absolute Gasteiger partial charge is 0.251 e. The highest BCUT2D eigenvalue weighted by molar-refractivity contribution is 5.97.